The van der Waals surface area contributed by atoms with E-state index in [4.69, 9.17) is 0 Å². The zero-order valence-electron chi connectivity index (χ0n) is 7.69. The Morgan fingerprint density at radius 1 is 1.27 bits per heavy atom. The molecule has 2 atom stereocenters. The second kappa shape index (κ2) is 4.73. The van der Waals surface area contributed by atoms with Gasteiger partial charge < -0.3 is 10.6 Å². The van der Waals surface area contributed by atoms with Gasteiger partial charge in [-0.25, -0.2) is 0 Å². The normalized spacial score (nSPS) is 30.0. The van der Waals surface area contributed by atoms with Crippen LogP contribution < -0.4 is 10.6 Å². The Morgan fingerprint density at radius 2 is 2.09 bits per heavy atom. The Hall–Kier alpha value is -0.0800. The van der Waals surface area contributed by atoms with Gasteiger partial charge in [0.2, 0.25) is 0 Å². The van der Waals surface area contributed by atoms with Crippen LogP contribution in [-0.4, -0.2) is 26.2 Å². The Bertz CT molecular complexity index is 104. The molecule has 66 valence electrons. The summed E-state index contributed by atoms with van der Waals surface area (Å²) in [6, 6.07) is 0.826. The molecule has 0 amide bonds. The summed E-state index contributed by atoms with van der Waals surface area (Å²) in [5, 5.41) is 6.71. The first-order valence-electron chi connectivity index (χ1n) is 4.72. The third-order valence-corrected chi connectivity index (χ3v) is 2.63. The van der Waals surface area contributed by atoms with Gasteiger partial charge in [0.15, 0.2) is 0 Å². The zero-order chi connectivity index (χ0) is 8.10. The van der Waals surface area contributed by atoms with Crippen LogP contribution in [0.5, 0.6) is 0 Å². The quantitative estimate of drug-likeness (QED) is 0.580. The van der Waals surface area contributed by atoms with Crippen LogP contribution in [-0.2, 0) is 0 Å². The zero-order valence-corrected chi connectivity index (χ0v) is 7.69. The highest BCUT2D eigenvalue weighted by Gasteiger charge is 2.25. The van der Waals surface area contributed by atoms with E-state index in [1.54, 1.807) is 0 Å². The van der Waals surface area contributed by atoms with Crippen LogP contribution in [0.25, 0.3) is 0 Å². The molecule has 1 aliphatic rings. The van der Waals surface area contributed by atoms with E-state index in [1.165, 1.54) is 25.8 Å². The van der Waals surface area contributed by atoms with E-state index in [-0.39, 0.29) is 0 Å². The Balaban J connectivity index is 1.87. The van der Waals surface area contributed by atoms with Gasteiger partial charge in [0.05, 0.1) is 0 Å². The molecule has 0 aliphatic heterocycles. The SMILES string of the molecule is CNCCCNC1CCC1C. The van der Waals surface area contributed by atoms with Crippen molar-refractivity contribution in [2.24, 2.45) is 5.92 Å². The highest BCUT2D eigenvalue weighted by Crippen LogP contribution is 2.25. The summed E-state index contributed by atoms with van der Waals surface area (Å²) in [5.41, 5.74) is 0. The van der Waals surface area contributed by atoms with E-state index in [2.05, 4.69) is 17.6 Å². The van der Waals surface area contributed by atoms with Crippen molar-refractivity contribution < 1.29 is 0 Å². The van der Waals surface area contributed by atoms with Gasteiger partial charge in [-0.1, -0.05) is 6.92 Å². The molecule has 0 aromatic heterocycles. The van der Waals surface area contributed by atoms with Crippen molar-refractivity contribution in [3.8, 4) is 0 Å². The molecule has 11 heavy (non-hydrogen) atoms. The highest BCUT2D eigenvalue weighted by molar-refractivity contribution is 4.83. The van der Waals surface area contributed by atoms with Crippen molar-refractivity contribution >= 4 is 0 Å². The van der Waals surface area contributed by atoms with Crippen LogP contribution in [0, 0.1) is 5.92 Å². The van der Waals surface area contributed by atoms with Gasteiger partial charge >= 0.3 is 0 Å². The average molecular weight is 156 g/mol. The first-order chi connectivity index (χ1) is 5.34. The van der Waals surface area contributed by atoms with E-state index in [1.807, 2.05) is 7.05 Å². The molecule has 0 bridgehead atoms. The van der Waals surface area contributed by atoms with Crippen molar-refractivity contribution in [2.75, 3.05) is 20.1 Å². The minimum absolute atomic E-state index is 0.826. The molecule has 0 spiro atoms. The predicted octanol–water partition coefficient (Wildman–Crippen LogP) is 0.984. The molecular weight excluding hydrogens is 136 g/mol. The second-order valence-electron chi connectivity index (χ2n) is 3.57. The van der Waals surface area contributed by atoms with Crippen molar-refractivity contribution in [3.05, 3.63) is 0 Å². The third-order valence-electron chi connectivity index (χ3n) is 2.63. The van der Waals surface area contributed by atoms with Crippen LogP contribution in [0.4, 0.5) is 0 Å². The minimum Gasteiger partial charge on any atom is -0.320 e. The van der Waals surface area contributed by atoms with Crippen LogP contribution in [0.3, 0.4) is 0 Å². The summed E-state index contributed by atoms with van der Waals surface area (Å²) in [6.07, 6.45) is 4.06. The van der Waals surface area contributed by atoms with Crippen molar-refractivity contribution in [1.29, 1.82) is 0 Å². The van der Waals surface area contributed by atoms with Crippen LogP contribution >= 0.6 is 0 Å². The average Bonchev–Trinajstić information content (AvgIpc) is 2.02. The second-order valence-corrected chi connectivity index (χ2v) is 3.57. The molecule has 0 heterocycles. The smallest absolute Gasteiger partial charge is 0.00928 e. The van der Waals surface area contributed by atoms with Gasteiger partial charge in [-0.05, 0) is 45.3 Å². The fourth-order valence-electron chi connectivity index (χ4n) is 1.52. The largest absolute Gasteiger partial charge is 0.320 e. The van der Waals surface area contributed by atoms with Crippen LogP contribution in [0.1, 0.15) is 26.2 Å². The molecule has 2 nitrogen and oxygen atoms in total. The van der Waals surface area contributed by atoms with Gasteiger partial charge in [0.25, 0.3) is 0 Å². The van der Waals surface area contributed by atoms with Gasteiger partial charge in [-0.3, -0.25) is 0 Å². The molecule has 0 aromatic rings. The topological polar surface area (TPSA) is 24.1 Å². The Labute approximate surface area is 69.8 Å². The fraction of sp³-hybridized carbons (Fsp3) is 1.00. The Morgan fingerprint density at radius 3 is 2.55 bits per heavy atom. The summed E-state index contributed by atoms with van der Waals surface area (Å²) < 4.78 is 0. The van der Waals surface area contributed by atoms with E-state index in [0.29, 0.717) is 0 Å². The third kappa shape index (κ3) is 2.80. The molecule has 1 fully saturated rings. The first-order valence-corrected chi connectivity index (χ1v) is 4.72. The maximum Gasteiger partial charge on any atom is 0.00928 e. The highest BCUT2D eigenvalue weighted by atomic mass is 14.9. The number of rotatable bonds is 5. The monoisotopic (exact) mass is 156 g/mol. The van der Waals surface area contributed by atoms with Crippen LogP contribution in [0.15, 0.2) is 0 Å². The lowest BCUT2D eigenvalue weighted by Crippen LogP contribution is -2.43. The first kappa shape index (κ1) is 9.01. The predicted molar refractivity (Wildman–Crippen MR) is 48.7 cm³/mol. The summed E-state index contributed by atoms with van der Waals surface area (Å²) in [4.78, 5) is 0. The van der Waals surface area contributed by atoms with Crippen molar-refractivity contribution in [3.63, 3.8) is 0 Å². The fourth-order valence-corrected chi connectivity index (χ4v) is 1.52. The molecule has 0 radical (unpaired) electrons. The summed E-state index contributed by atoms with van der Waals surface area (Å²) in [6.45, 7) is 4.64. The van der Waals surface area contributed by atoms with Crippen molar-refractivity contribution in [1.82, 2.24) is 10.6 Å². The van der Waals surface area contributed by atoms with Crippen LogP contribution in [0.2, 0.25) is 0 Å². The summed E-state index contributed by atoms with van der Waals surface area (Å²) in [5.74, 6) is 0.921. The molecule has 0 saturated heterocycles. The summed E-state index contributed by atoms with van der Waals surface area (Å²) >= 11 is 0. The number of hydrogen-bond acceptors (Lipinski definition) is 2. The molecule has 1 rings (SSSR count). The standard InChI is InChI=1S/C9H20N2/c1-8-4-5-9(8)11-7-3-6-10-2/h8-11H,3-7H2,1-2H3. The lowest BCUT2D eigenvalue weighted by Gasteiger charge is -2.34. The van der Waals surface area contributed by atoms with Gasteiger partial charge in [-0.2, -0.15) is 0 Å². The molecule has 0 aromatic carbocycles. The van der Waals surface area contributed by atoms with Crippen molar-refractivity contribution in [2.45, 2.75) is 32.2 Å². The van der Waals surface area contributed by atoms with E-state index >= 15 is 0 Å². The molecule has 2 N–H and O–H groups in total. The van der Waals surface area contributed by atoms with E-state index in [9.17, 15) is 0 Å². The molecule has 2 unspecified atom stereocenters. The maximum atomic E-state index is 3.56. The maximum absolute atomic E-state index is 3.56. The van der Waals surface area contributed by atoms with Gasteiger partial charge in [0, 0.05) is 6.04 Å². The number of nitrogens with one attached hydrogen (secondary N) is 2. The lowest BCUT2D eigenvalue weighted by atomic mass is 9.81. The molecule has 2 heteroatoms. The molecular formula is C9H20N2. The molecule has 1 saturated carbocycles. The Kier molecular flexibility index (Phi) is 3.87. The lowest BCUT2D eigenvalue weighted by molar-refractivity contribution is 0.230. The van der Waals surface area contributed by atoms with E-state index < -0.39 is 0 Å². The minimum atomic E-state index is 0.826. The number of hydrogen-bond donors (Lipinski definition) is 2. The van der Waals surface area contributed by atoms with Gasteiger partial charge in [0.1, 0.15) is 0 Å². The van der Waals surface area contributed by atoms with Gasteiger partial charge in [-0.15, -0.1) is 0 Å². The molecule has 1 aliphatic carbocycles. The summed E-state index contributed by atoms with van der Waals surface area (Å²) in [7, 11) is 2.01. The van der Waals surface area contributed by atoms with E-state index in [0.717, 1.165) is 18.5 Å².